The minimum Gasteiger partial charge on any atom is -0.488 e. The Kier molecular flexibility index (Phi) is 5.87. The molecule has 1 aliphatic heterocycles. The predicted octanol–water partition coefficient (Wildman–Crippen LogP) is 5.88. The van der Waals surface area contributed by atoms with Crippen molar-refractivity contribution >= 4 is 29.3 Å². The number of amides is 1. The van der Waals surface area contributed by atoms with Crippen molar-refractivity contribution < 1.29 is 14.3 Å². The molecule has 1 heterocycles. The fourth-order valence-electron chi connectivity index (χ4n) is 3.07. The predicted molar refractivity (Wildman–Crippen MR) is 109 cm³/mol. The molecule has 1 amide bonds. The molecule has 0 aromatic heterocycles. The molecule has 0 spiro atoms. The zero-order valence-electron chi connectivity index (χ0n) is 15.6. The molecule has 1 N–H and O–H groups in total. The summed E-state index contributed by atoms with van der Waals surface area (Å²) in [4.78, 5) is 11.9. The molecule has 0 unspecified atom stereocenters. The van der Waals surface area contributed by atoms with Gasteiger partial charge in [0.15, 0.2) is 0 Å². The first-order valence-electron chi connectivity index (χ1n) is 8.94. The van der Waals surface area contributed by atoms with Gasteiger partial charge in [-0.15, -0.1) is 0 Å². The number of para-hydroxylation sites is 1. The molecule has 2 aromatic carbocycles. The number of fused-ring (bicyclic) bond motifs is 1. The van der Waals surface area contributed by atoms with Crippen LogP contribution in [0.15, 0.2) is 36.4 Å². The standard InChI is InChI=1S/C21H23Cl2NO3/c1-21(2,3)27-20(25)24-12-14-11-10-13-6-4-7-15(19(13)26-14)18-16(22)8-5-9-17(18)23/h4-9,14H,10-12H2,1-3H3,(H,24,25)/t14-/m1/s1. The van der Waals surface area contributed by atoms with Crippen molar-refractivity contribution in [1.29, 1.82) is 0 Å². The Labute approximate surface area is 169 Å². The monoisotopic (exact) mass is 407 g/mol. The molecule has 4 nitrogen and oxygen atoms in total. The Balaban J connectivity index is 1.78. The first kappa shape index (κ1) is 19.8. The smallest absolute Gasteiger partial charge is 0.407 e. The zero-order valence-corrected chi connectivity index (χ0v) is 17.2. The molecule has 1 atom stereocenters. The summed E-state index contributed by atoms with van der Waals surface area (Å²) in [6.07, 6.45) is 1.07. The molecular weight excluding hydrogens is 385 g/mol. The molecule has 0 saturated carbocycles. The maximum absolute atomic E-state index is 11.9. The minimum atomic E-state index is -0.530. The number of aryl methyl sites for hydroxylation is 1. The normalized spacial score (nSPS) is 16.3. The van der Waals surface area contributed by atoms with Gasteiger partial charge in [-0.2, -0.15) is 0 Å². The molecule has 0 aliphatic carbocycles. The highest BCUT2D eigenvalue weighted by atomic mass is 35.5. The van der Waals surface area contributed by atoms with E-state index in [0.29, 0.717) is 16.6 Å². The maximum atomic E-state index is 11.9. The van der Waals surface area contributed by atoms with Crippen LogP contribution in [-0.2, 0) is 11.2 Å². The summed E-state index contributed by atoms with van der Waals surface area (Å²) in [5.41, 5.74) is 2.21. The third-order valence-electron chi connectivity index (χ3n) is 4.22. The van der Waals surface area contributed by atoms with Gasteiger partial charge in [-0.1, -0.05) is 47.5 Å². The molecule has 27 heavy (non-hydrogen) atoms. The van der Waals surface area contributed by atoms with Gasteiger partial charge in [0.2, 0.25) is 0 Å². The van der Waals surface area contributed by atoms with E-state index in [1.54, 1.807) is 0 Å². The van der Waals surface area contributed by atoms with Gasteiger partial charge in [-0.25, -0.2) is 4.79 Å². The van der Waals surface area contributed by atoms with Crippen LogP contribution in [0.3, 0.4) is 0 Å². The third-order valence-corrected chi connectivity index (χ3v) is 4.85. The summed E-state index contributed by atoms with van der Waals surface area (Å²) in [5, 5.41) is 3.94. The summed E-state index contributed by atoms with van der Waals surface area (Å²) >= 11 is 12.8. The molecule has 2 aromatic rings. The number of carbonyl (C=O) groups is 1. The zero-order chi connectivity index (χ0) is 19.6. The van der Waals surface area contributed by atoms with Crippen LogP contribution in [0.1, 0.15) is 32.8 Å². The van der Waals surface area contributed by atoms with Crippen molar-refractivity contribution in [3.05, 3.63) is 52.0 Å². The van der Waals surface area contributed by atoms with Crippen LogP contribution in [0.5, 0.6) is 5.75 Å². The summed E-state index contributed by atoms with van der Waals surface area (Å²) in [7, 11) is 0. The number of carbonyl (C=O) groups excluding carboxylic acids is 1. The van der Waals surface area contributed by atoms with Gasteiger partial charge in [0.05, 0.1) is 16.6 Å². The van der Waals surface area contributed by atoms with E-state index in [0.717, 1.165) is 35.3 Å². The largest absolute Gasteiger partial charge is 0.488 e. The molecule has 1 aliphatic rings. The Hall–Kier alpha value is -1.91. The Bertz CT molecular complexity index is 826. The number of ether oxygens (including phenoxy) is 2. The molecule has 0 fully saturated rings. The molecule has 0 saturated heterocycles. The van der Waals surface area contributed by atoms with Gasteiger partial charge >= 0.3 is 6.09 Å². The molecule has 6 heteroatoms. The van der Waals surface area contributed by atoms with Crippen LogP contribution in [0.4, 0.5) is 4.79 Å². The number of nitrogens with one attached hydrogen (secondary N) is 1. The van der Waals surface area contributed by atoms with Crippen molar-refractivity contribution in [2.24, 2.45) is 0 Å². The van der Waals surface area contributed by atoms with Gasteiger partial charge in [0.1, 0.15) is 17.5 Å². The average Bonchev–Trinajstić information content (AvgIpc) is 2.58. The highest BCUT2D eigenvalue weighted by molar-refractivity contribution is 6.39. The van der Waals surface area contributed by atoms with Gasteiger partial charge in [0.25, 0.3) is 0 Å². The van der Waals surface area contributed by atoms with Crippen LogP contribution >= 0.6 is 23.2 Å². The SMILES string of the molecule is CC(C)(C)OC(=O)NC[C@H]1CCc2cccc(-c3c(Cl)cccc3Cl)c2O1. The van der Waals surface area contributed by atoms with Crippen LogP contribution in [0.2, 0.25) is 10.0 Å². The second kappa shape index (κ2) is 7.99. The Morgan fingerprint density at radius 1 is 1.19 bits per heavy atom. The second-order valence-electron chi connectivity index (χ2n) is 7.55. The summed E-state index contributed by atoms with van der Waals surface area (Å²) in [6, 6.07) is 11.4. The van der Waals surface area contributed by atoms with Crippen molar-refractivity contribution in [3.8, 4) is 16.9 Å². The van der Waals surface area contributed by atoms with Crippen LogP contribution in [0.25, 0.3) is 11.1 Å². The Morgan fingerprint density at radius 2 is 1.85 bits per heavy atom. The number of alkyl carbamates (subject to hydrolysis) is 1. The molecule has 3 rings (SSSR count). The Morgan fingerprint density at radius 3 is 2.52 bits per heavy atom. The van der Waals surface area contributed by atoms with Gasteiger partial charge < -0.3 is 14.8 Å². The quantitative estimate of drug-likeness (QED) is 0.690. The van der Waals surface area contributed by atoms with E-state index in [4.69, 9.17) is 32.7 Å². The number of hydrogen-bond donors (Lipinski definition) is 1. The molecule has 0 radical (unpaired) electrons. The lowest BCUT2D eigenvalue weighted by Gasteiger charge is -2.29. The first-order chi connectivity index (χ1) is 12.7. The number of halogens is 2. The van der Waals surface area contributed by atoms with E-state index < -0.39 is 11.7 Å². The van der Waals surface area contributed by atoms with E-state index in [2.05, 4.69) is 5.32 Å². The van der Waals surface area contributed by atoms with Crippen molar-refractivity contribution in [2.45, 2.75) is 45.3 Å². The third kappa shape index (κ3) is 4.88. The van der Waals surface area contributed by atoms with Crippen LogP contribution in [-0.4, -0.2) is 24.3 Å². The fourth-order valence-corrected chi connectivity index (χ4v) is 3.67. The summed E-state index contributed by atoms with van der Waals surface area (Å²) < 4.78 is 11.5. The average molecular weight is 408 g/mol. The molecule has 144 valence electrons. The molecular formula is C21H23Cl2NO3. The van der Waals surface area contributed by atoms with Crippen LogP contribution in [0, 0.1) is 0 Å². The number of benzene rings is 2. The maximum Gasteiger partial charge on any atom is 0.407 e. The van der Waals surface area contributed by atoms with Crippen molar-refractivity contribution in [3.63, 3.8) is 0 Å². The lowest BCUT2D eigenvalue weighted by molar-refractivity contribution is 0.0495. The molecule has 0 bridgehead atoms. The van der Waals surface area contributed by atoms with Gasteiger partial charge in [-0.3, -0.25) is 0 Å². The minimum absolute atomic E-state index is 0.146. The van der Waals surface area contributed by atoms with Crippen LogP contribution < -0.4 is 10.1 Å². The van der Waals surface area contributed by atoms with Gasteiger partial charge in [0, 0.05) is 11.1 Å². The lowest BCUT2D eigenvalue weighted by atomic mass is 9.95. The fraction of sp³-hybridized carbons (Fsp3) is 0.381. The number of rotatable bonds is 3. The van der Waals surface area contributed by atoms with E-state index in [9.17, 15) is 4.79 Å². The van der Waals surface area contributed by atoms with Crippen molar-refractivity contribution in [1.82, 2.24) is 5.32 Å². The topological polar surface area (TPSA) is 47.6 Å². The highest BCUT2D eigenvalue weighted by Crippen LogP contribution is 2.43. The summed E-state index contributed by atoms with van der Waals surface area (Å²) in [6.45, 7) is 5.87. The second-order valence-corrected chi connectivity index (χ2v) is 8.37. The van der Waals surface area contributed by atoms with E-state index >= 15 is 0 Å². The van der Waals surface area contributed by atoms with E-state index in [1.165, 1.54) is 0 Å². The highest BCUT2D eigenvalue weighted by Gasteiger charge is 2.25. The van der Waals surface area contributed by atoms with Crippen molar-refractivity contribution in [2.75, 3.05) is 6.54 Å². The van der Waals surface area contributed by atoms with Gasteiger partial charge in [-0.05, 0) is 51.3 Å². The van der Waals surface area contributed by atoms with E-state index in [-0.39, 0.29) is 6.10 Å². The number of hydrogen-bond acceptors (Lipinski definition) is 3. The lowest BCUT2D eigenvalue weighted by Crippen LogP contribution is -2.40. The summed E-state index contributed by atoms with van der Waals surface area (Å²) in [5.74, 6) is 0.773. The van der Waals surface area contributed by atoms with E-state index in [1.807, 2.05) is 57.2 Å². The first-order valence-corrected chi connectivity index (χ1v) is 9.70.